The molecule has 3 N–H and O–H groups in total. The normalized spacial score (nSPS) is 16.5. The van der Waals surface area contributed by atoms with Gasteiger partial charge in [-0.15, -0.1) is 0 Å². The van der Waals surface area contributed by atoms with E-state index in [4.69, 9.17) is 0 Å². The second-order valence-corrected chi connectivity index (χ2v) is 5.53. The number of pyridine rings is 1. The summed E-state index contributed by atoms with van der Waals surface area (Å²) in [6.45, 7) is 6.32. The van der Waals surface area contributed by atoms with E-state index in [0.717, 1.165) is 24.5 Å². The summed E-state index contributed by atoms with van der Waals surface area (Å²) < 4.78 is 0. The van der Waals surface area contributed by atoms with Crippen LogP contribution in [0.3, 0.4) is 0 Å². The summed E-state index contributed by atoms with van der Waals surface area (Å²) in [4.78, 5) is 40.7. The average molecular weight is 333 g/mol. The van der Waals surface area contributed by atoms with Gasteiger partial charge in [0.2, 0.25) is 5.91 Å². The molecule has 4 amide bonds. The molecule has 8 nitrogen and oxygen atoms in total. The number of carbonyl (C=O) groups is 3. The number of carbonyl (C=O) groups excluding carboxylic acids is 3. The quantitative estimate of drug-likeness (QED) is 0.602. The first-order chi connectivity index (χ1) is 11.5. The predicted molar refractivity (Wildman–Crippen MR) is 89.3 cm³/mol. The van der Waals surface area contributed by atoms with Gasteiger partial charge in [0.05, 0.1) is 0 Å². The molecule has 1 unspecified atom stereocenters. The highest BCUT2D eigenvalue weighted by Crippen LogP contribution is 2.11. The zero-order valence-corrected chi connectivity index (χ0v) is 14.0. The zero-order valence-electron chi connectivity index (χ0n) is 14.0. The fourth-order valence-electron chi connectivity index (χ4n) is 2.48. The van der Waals surface area contributed by atoms with E-state index in [2.05, 4.69) is 39.7 Å². The van der Waals surface area contributed by atoms with Crippen LogP contribution in [0, 0.1) is 0 Å². The van der Waals surface area contributed by atoms with E-state index in [1.165, 1.54) is 0 Å². The summed E-state index contributed by atoms with van der Waals surface area (Å²) >= 11 is 0. The summed E-state index contributed by atoms with van der Waals surface area (Å²) in [6.07, 6.45) is 2.20. The molecule has 1 fully saturated rings. The van der Waals surface area contributed by atoms with Crippen molar-refractivity contribution >= 4 is 23.7 Å². The fraction of sp³-hybridized carbons (Fsp3) is 0.500. The number of nitrogens with zero attached hydrogens (tertiary/aromatic N) is 2. The van der Waals surface area contributed by atoms with Crippen molar-refractivity contribution in [3.63, 3.8) is 0 Å². The molecule has 2 heterocycles. The number of hydrogen-bond acceptors (Lipinski definition) is 5. The van der Waals surface area contributed by atoms with Crippen LogP contribution < -0.4 is 20.9 Å². The molecule has 0 saturated carbocycles. The van der Waals surface area contributed by atoms with Gasteiger partial charge in [0, 0.05) is 32.3 Å². The van der Waals surface area contributed by atoms with Crippen molar-refractivity contribution in [2.45, 2.75) is 39.3 Å². The highest BCUT2D eigenvalue weighted by Gasteiger charge is 2.29. The topological polar surface area (TPSA) is 103 Å². The van der Waals surface area contributed by atoms with Crippen molar-refractivity contribution in [2.75, 3.05) is 18.0 Å². The van der Waals surface area contributed by atoms with Gasteiger partial charge in [0.1, 0.15) is 11.9 Å². The van der Waals surface area contributed by atoms with Gasteiger partial charge in [-0.3, -0.25) is 14.9 Å². The number of amides is 4. The first-order valence-electron chi connectivity index (χ1n) is 8.11. The lowest BCUT2D eigenvalue weighted by Crippen LogP contribution is -2.31. The van der Waals surface area contributed by atoms with Crippen LogP contribution in [0.2, 0.25) is 0 Å². The highest BCUT2D eigenvalue weighted by molar-refractivity contribution is 6.04. The molecule has 1 aliphatic rings. The molecule has 0 spiro atoms. The molecule has 2 rings (SSSR count). The maximum absolute atomic E-state index is 11.8. The molecule has 8 heteroatoms. The second-order valence-electron chi connectivity index (χ2n) is 5.53. The third-order valence-corrected chi connectivity index (χ3v) is 3.90. The van der Waals surface area contributed by atoms with Gasteiger partial charge in [0.25, 0.3) is 5.91 Å². The molecule has 0 radical (unpaired) electrons. The van der Waals surface area contributed by atoms with Crippen molar-refractivity contribution in [1.82, 2.24) is 20.9 Å². The van der Waals surface area contributed by atoms with Crippen LogP contribution in [0.4, 0.5) is 10.6 Å². The Kier molecular flexibility index (Phi) is 6.11. The number of rotatable bonds is 8. The van der Waals surface area contributed by atoms with E-state index < -0.39 is 12.1 Å². The van der Waals surface area contributed by atoms with Crippen LogP contribution in [0.25, 0.3) is 0 Å². The number of hydrogen-bond donors (Lipinski definition) is 3. The standard InChI is InChI=1S/C16H23N5O3/c1-3-21(4-2)13-7-5-11(9-17-13)10-18-14(22)8-6-12-15(23)20-16(24)19-12/h5,7,9,12H,3-4,6,8,10H2,1-2H3,(H,18,22)(H2,19,20,23,24). The van der Waals surface area contributed by atoms with Crippen LogP contribution in [0.15, 0.2) is 18.3 Å². The molecule has 0 bridgehead atoms. The van der Waals surface area contributed by atoms with E-state index in [9.17, 15) is 14.4 Å². The third kappa shape index (κ3) is 4.68. The largest absolute Gasteiger partial charge is 0.357 e. The SMILES string of the molecule is CCN(CC)c1ccc(CNC(=O)CCC2NC(=O)NC2=O)cn1. The molecule has 1 aromatic rings. The Bertz CT molecular complexity index is 598. The van der Waals surface area contributed by atoms with Gasteiger partial charge in [-0.1, -0.05) is 6.07 Å². The number of nitrogens with one attached hydrogen (secondary N) is 3. The number of anilines is 1. The average Bonchev–Trinajstić information content (AvgIpc) is 2.91. The summed E-state index contributed by atoms with van der Waals surface area (Å²) in [5.74, 6) is 0.360. The molecule has 1 aromatic heterocycles. The summed E-state index contributed by atoms with van der Waals surface area (Å²) in [5, 5.41) is 7.39. The molecular weight excluding hydrogens is 310 g/mol. The van der Waals surface area contributed by atoms with Crippen molar-refractivity contribution in [3.8, 4) is 0 Å². The number of urea groups is 1. The van der Waals surface area contributed by atoms with Gasteiger partial charge in [-0.2, -0.15) is 0 Å². The third-order valence-electron chi connectivity index (χ3n) is 3.90. The predicted octanol–water partition coefficient (Wildman–Crippen LogP) is 0.532. The Labute approximate surface area is 141 Å². The monoisotopic (exact) mass is 333 g/mol. The van der Waals surface area contributed by atoms with E-state index in [1.807, 2.05) is 12.1 Å². The lowest BCUT2D eigenvalue weighted by molar-refractivity contribution is -0.122. The maximum atomic E-state index is 11.8. The minimum atomic E-state index is -0.627. The van der Waals surface area contributed by atoms with Gasteiger partial charge in [-0.25, -0.2) is 9.78 Å². The van der Waals surface area contributed by atoms with Crippen molar-refractivity contribution in [1.29, 1.82) is 0 Å². The van der Waals surface area contributed by atoms with Crippen molar-refractivity contribution in [3.05, 3.63) is 23.9 Å². The van der Waals surface area contributed by atoms with E-state index in [-0.39, 0.29) is 24.7 Å². The van der Waals surface area contributed by atoms with E-state index >= 15 is 0 Å². The zero-order chi connectivity index (χ0) is 17.5. The number of imide groups is 1. The van der Waals surface area contributed by atoms with Gasteiger partial charge in [0.15, 0.2) is 0 Å². The van der Waals surface area contributed by atoms with E-state index in [0.29, 0.717) is 6.54 Å². The Morgan fingerprint density at radius 1 is 1.29 bits per heavy atom. The molecule has 0 aromatic carbocycles. The molecule has 1 aliphatic heterocycles. The molecule has 0 aliphatic carbocycles. The Hall–Kier alpha value is -2.64. The number of aromatic nitrogens is 1. The van der Waals surface area contributed by atoms with Crippen molar-refractivity contribution in [2.24, 2.45) is 0 Å². The van der Waals surface area contributed by atoms with Crippen molar-refractivity contribution < 1.29 is 14.4 Å². The molecular formula is C16H23N5O3. The lowest BCUT2D eigenvalue weighted by atomic mass is 10.1. The summed E-state index contributed by atoms with van der Waals surface area (Å²) in [6, 6.07) is 2.74. The summed E-state index contributed by atoms with van der Waals surface area (Å²) in [7, 11) is 0. The minimum absolute atomic E-state index is 0.170. The van der Waals surface area contributed by atoms with Crippen LogP contribution in [0.1, 0.15) is 32.3 Å². The Morgan fingerprint density at radius 3 is 2.58 bits per heavy atom. The maximum Gasteiger partial charge on any atom is 0.322 e. The Morgan fingerprint density at radius 2 is 2.04 bits per heavy atom. The molecule has 1 atom stereocenters. The minimum Gasteiger partial charge on any atom is -0.357 e. The smallest absolute Gasteiger partial charge is 0.322 e. The Balaban J connectivity index is 1.75. The van der Waals surface area contributed by atoms with Gasteiger partial charge in [-0.05, 0) is 31.9 Å². The first-order valence-corrected chi connectivity index (χ1v) is 8.11. The lowest BCUT2D eigenvalue weighted by Gasteiger charge is -2.19. The highest BCUT2D eigenvalue weighted by atomic mass is 16.2. The summed E-state index contributed by atoms with van der Waals surface area (Å²) in [5.41, 5.74) is 0.908. The van der Waals surface area contributed by atoms with E-state index in [1.54, 1.807) is 6.20 Å². The van der Waals surface area contributed by atoms with Crippen LogP contribution >= 0.6 is 0 Å². The van der Waals surface area contributed by atoms with Crippen LogP contribution in [-0.4, -0.2) is 42.0 Å². The molecule has 130 valence electrons. The van der Waals surface area contributed by atoms with Gasteiger partial charge < -0.3 is 15.5 Å². The second kappa shape index (κ2) is 8.28. The van der Waals surface area contributed by atoms with Crippen LogP contribution in [0.5, 0.6) is 0 Å². The van der Waals surface area contributed by atoms with Gasteiger partial charge >= 0.3 is 6.03 Å². The first kappa shape index (κ1) is 17.7. The van der Waals surface area contributed by atoms with Crippen LogP contribution in [-0.2, 0) is 16.1 Å². The molecule has 24 heavy (non-hydrogen) atoms. The fourth-order valence-corrected chi connectivity index (χ4v) is 2.48. The molecule has 1 saturated heterocycles.